The quantitative estimate of drug-likeness (QED) is 0.609. The van der Waals surface area contributed by atoms with Gasteiger partial charge in [-0.1, -0.05) is 6.07 Å². The second-order valence-corrected chi connectivity index (χ2v) is 10.1. The molecule has 2 heterocycles. The molecule has 160 valence electrons. The predicted molar refractivity (Wildman–Crippen MR) is 115 cm³/mol. The number of nitrogens with one attached hydrogen (secondary N) is 1. The molecule has 0 radical (unpaired) electrons. The largest absolute Gasteiger partial charge is 0.477 e. The second-order valence-electron chi connectivity index (χ2n) is 8.46. The Morgan fingerprint density at radius 1 is 1.19 bits per heavy atom. The molecule has 2 aliphatic carbocycles. The lowest BCUT2D eigenvalue weighted by molar-refractivity contribution is -0.121. The van der Waals surface area contributed by atoms with Crippen LogP contribution in [0.2, 0.25) is 0 Å². The number of fused-ring (bicyclic) bond motifs is 1. The number of pyridine rings is 2. The first-order valence-corrected chi connectivity index (χ1v) is 11.9. The molecule has 2 fully saturated rings. The molecule has 2 aliphatic rings. The maximum absolute atomic E-state index is 13.3. The van der Waals surface area contributed by atoms with E-state index in [-0.39, 0.29) is 4.90 Å². The van der Waals surface area contributed by atoms with Gasteiger partial charge >= 0.3 is 0 Å². The Bertz CT molecular complexity index is 1280. The van der Waals surface area contributed by atoms with Crippen molar-refractivity contribution >= 4 is 26.8 Å². The Morgan fingerprint density at radius 3 is 2.74 bits per heavy atom. The zero-order valence-corrected chi connectivity index (χ0v) is 18.0. The van der Waals surface area contributed by atoms with Gasteiger partial charge in [-0.25, -0.2) is 18.1 Å². The number of benzene rings is 1. The van der Waals surface area contributed by atoms with E-state index in [1.165, 1.54) is 6.07 Å². The summed E-state index contributed by atoms with van der Waals surface area (Å²) < 4.78 is 34.5. The van der Waals surface area contributed by atoms with E-state index in [1.54, 1.807) is 36.7 Å². The highest BCUT2D eigenvalue weighted by Crippen LogP contribution is 2.51. The predicted octanol–water partition coefficient (Wildman–Crippen LogP) is 3.26. The molecule has 0 unspecified atom stereocenters. The first-order chi connectivity index (χ1) is 14.9. The van der Waals surface area contributed by atoms with Crippen LogP contribution in [-0.4, -0.2) is 30.9 Å². The molecule has 31 heavy (non-hydrogen) atoms. The minimum Gasteiger partial charge on any atom is -0.477 e. The van der Waals surface area contributed by atoms with Crippen LogP contribution in [0.5, 0.6) is 5.88 Å². The molecule has 0 saturated heterocycles. The Labute approximate surface area is 180 Å². The number of amides is 1. The zero-order valence-electron chi connectivity index (χ0n) is 17.2. The van der Waals surface area contributed by atoms with Gasteiger partial charge in [-0.3, -0.25) is 9.78 Å². The first-order valence-electron chi connectivity index (χ1n) is 10.4. The lowest BCUT2D eigenvalue weighted by atomic mass is 9.95. The number of aryl methyl sites for hydroxylation is 1. The summed E-state index contributed by atoms with van der Waals surface area (Å²) in [5.74, 6) is 0.425. The Balaban J connectivity index is 1.46. The SMILES string of the molecule is Cc1cnc(OCC2CC2)c(C2(C(=O)NS(=O)(=O)c3cccc4ncccc34)CC2)c1. The van der Waals surface area contributed by atoms with Crippen LogP contribution in [0, 0.1) is 12.8 Å². The van der Waals surface area contributed by atoms with Crippen LogP contribution in [0.25, 0.3) is 10.9 Å². The van der Waals surface area contributed by atoms with Gasteiger partial charge in [0.1, 0.15) is 0 Å². The molecule has 8 heteroatoms. The van der Waals surface area contributed by atoms with Crippen molar-refractivity contribution in [2.75, 3.05) is 6.61 Å². The van der Waals surface area contributed by atoms with E-state index in [4.69, 9.17) is 4.74 Å². The van der Waals surface area contributed by atoms with Crippen molar-refractivity contribution in [2.45, 2.75) is 42.9 Å². The molecule has 1 amide bonds. The lowest BCUT2D eigenvalue weighted by Gasteiger charge is -2.19. The first kappa shape index (κ1) is 19.9. The summed E-state index contributed by atoms with van der Waals surface area (Å²) in [4.78, 5) is 21.9. The van der Waals surface area contributed by atoms with Crippen LogP contribution < -0.4 is 9.46 Å². The minimum atomic E-state index is -4.08. The van der Waals surface area contributed by atoms with Crippen molar-refractivity contribution < 1.29 is 17.9 Å². The molecule has 1 aromatic carbocycles. The topological polar surface area (TPSA) is 98.2 Å². The van der Waals surface area contributed by atoms with Gasteiger partial charge in [0.25, 0.3) is 10.0 Å². The Hall–Kier alpha value is -3.00. The average Bonchev–Trinajstić information content (AvgIpc) is 3.67. The summed E-state index contributed by atoms with van der Waals surface area (Å²) in [6.45, 7) is 2.47. The smallest absolute Gasteiger partial charge is 0.264 e. The third kappa shape index (κ3) is 3.76. The summed E-state index contributed by atoms with van der Waals surface area (Å²) >= 11 is 0. The van der Waals surface area contributed by atoms with E-state index in [9.17, 15) is 13.2 Å². The monoisotopic (exact) mass is 437 g/mol. The van der Waals surface area contributed by atoms with Gasteiger partial charge in [-0.05, 0) is 74.4 Å². The number of nitrogens with zero attached hydrogens (tertiary/aromatic N) is 2. The number of carbonyl (C=O) groups excluding carboxylic acids is 1. The van der Waals surface area contributed by atoms with Gasteiger partial charge in [0.05, 0.1) is 22.4 Å². The van der Waals surface area contributed by atoms with Crippen LogP contribution in [0.15, 0.2) is 53.7 Å². The van der Waals surface area contributed by atoms with Crippen LogP contribution in [0.3, 0.4) is 0 Å². The third-order valence-corrected chi connectivity index (χ3v) is 7.35. The molecule has 1 N–H and O–H groups in total. The zero-order chi connectivity index (χ0) is 21.6. The summed E-state index contributed by atoms with van der Waals surface area (Å²) in [6.07, 6.45) is 6.70. The van der Waals surface area contributed by atoms with Gasteiger partial charge in [0, 0.05) is 23.3 Å². The molecule has 0 spiro atoms. The highest BCUT2D eigenvalue weighted by Gasteiger charge is 2.54. The van der Waals surface area contributed by atoms with E-state index in [0.29, 0.717) is 47.7 Å². The van der Waals surface area contributed by atoms with Gasteiger partial charge in [0.15, 0.2) is 0 Å². The molecule has 7 nitrogen and oxygen atoms in total. The van der Waals surface area contributed by atoms with E-state index in [0.717, 1.165) is 18.4 Å². The highest BCUT2D eigenvalue weighted by atomic mass is 32.2. The average molecular weight is 438 g/mol. The number of aromatic nitrogens is 2. The van der Waals surface area contributed by atoms with Crippen molar-refractivity contribution in [1.82, 2.24) is 14.7 Å². The number of carbonyl (C=O) groups is 1. The van der Waals surface area contributed by atoms with Crippen molar-refractivity contribution in [3.63, 3.8) is 0 Å². The van der Waals surface area contributed by atoms with Crippen LogP contribution >= 0.6 is 0 Å². The molecule has 5 rings (SSSR count). The third-order valence-electron chi connectivity index (χ3n) is 5.96. The van der Waals surface area contributed by atoms with Gasteiger partial charge in [-0.15, -0.1) is 0 Å². The molecular weight excluding hydrogens is 414 g/mol. The summed E-state index contributed by atoms with van der Waals surface area (Å²) in [5.41, 5.74) is 1.18. The van der Waals surface area contributed by atoms with Crippen molar-refractivity contribution in [3.8, 4) is 5.88 Å². The number of hydrogen-bond acceptors (Lipinski definition) is 6. The fourth-order valence-corrected chi connectivity index (χ4v) is 5.09. The molecule has 0 atom stereocenters. The van der Waals surface area contributed by atoms with Crippen LogP contribution in [0.1, 0.15) is 36.8 Å². The normalized spacial score (nSPS) is 17.3. The second kappa shape index (κ2) is 7.30. The number of rotatable bonds is 7. The Kier molecular flexibility index (Phi) is 4.69. The number of ether oxygens (including phenoxy) is 1. The highest BCUT2D eigenvalue weighted by molar-refractivity contribution is 7.90. The summed E-state index contributed by atoms with van der Waals surface area (Å²) in [5, 5.41) is 0.473. The fourth-order valence-electron chi connectivity index (χ4n) is 3.82. The molecule has 0 bridgehead atoms. The summed E-state index contributed by atoms with van der Waals surface area (Å²) in [6, 6.07) is 10.1. The molecule has 2 aromatic heterocycles. The standard InChI is InChI=1S/C23H23N3O4S/c1-15-12-18(21(25-13-15)30-14-16-7-8-16)23(9-10-23)22(27)26-31(28,29)20-6-2-5-19-17(20)4-3-11-24-19/h2-6,11-13,16H,7-10,14H2,1H3,(H,26,27). The molecule has 2 saturated carbocycles. The number of sulfonamides is 1. The van der Waals surface area contributed by atoms with Gasteiger partial charge in [0.2, 0.25) is 11.8 Å². The fraction of sp³-hybridized carbons (Fsp3) is 0.348. The van der Waals surface area contributed by atoms with Crippen LogP contribution in [-0.2, 0) is 20.2 Å². The molecule has 3 aromatic rings. The van der Waals surface area contributed by atoms with Gasteiger partial charge < -0.3 is 4.74 Å². The molecule has 0 aliphatic heterocycles. The molecular formula is C23H23N3O4S. The maximum Gasteiger partial charge on any atom is 0.264 e. The van der Waals surface area contributed by atoms with E-state index < -0.39 is 21.3 Å². The summed E-state index contributed by atoms with van der Waals surface area (Å²) in [7, 11) is -4.08. The van der Waals surface area contributed by atoms with E-state index in [1.807, 2.05) is 13.0 Å². The lowest BCUT2D eigenvalue weighted by Crippen LogP contribution is -2.39. The number of hydrogen-bond donors (Lipinski definition) is 1. The van der Waals surface area contributed by atoms with Crippen molar-refractivity contribution in [3.05, 3.63) is 59.9 Å². The van der Waals surface area contributed by atoms with Crippen LogP contribution in [0.4, 0.5) is 0 Å². The minimum absolute atomic E-state index is 0.0369. The van der Waals surface area contributed by atoms with Crippen molar-refractivity contribution in [1.29, 1.82) is 0 Å². The van der Waals surface area contributed by atoms with Gasteiger partial charge in [-0.2, -0.15) is 0 Å². The maximum atomic E-state index is 13.3. The Morgan fingerprint density at radius 2 is 2.00 bits per heavy atom. The van der Waals surface area contributed by atoms with E-state index >= 15 is 0 Å². The van der Waals surface area contributed by atoms with E-state index in [2.05, 4.69) is 14.7 Å². The van der Waals surface area contributed by atoms with Crippen molar-refractivity contribution in [2.24, 2.45) is 5.92 Å².